The summed E-state index contributed by atoms with van der Waals surface area (Å²) in [5.41, 5.74) is 3.18. The Labute approximate surface area is 169 Å². The predicted octanol–water partition coefficient (Wildman–Crippen LogP) is 3.79. The first-order valence-electron chi connectivity index (χ1n) is 8.70. The van der Waals surface area contributed by atoms with Crippen LogP contribution in [-0.2, 0) is 6.54 Å². The van der Waals surface area contributed by atoms with E-state index in [4.69, 9.17) is 9.47 Å². The number of nitrogens with zero attached hydrogens (tertiary/aromatic N) is 4. The van der Waals surface area contributed by atoms with Crippen molar-refractivity contribution in [3.63, 3.8) is 0 Å². The van der Waals surface area contributed by atoms with Crippen LogP contribution in [-0.4, -0.2) is 26.4 Å². The molecule has 0 bridgehead atoms. The highest BCUT2D eigenvalue weighted by Crippen LogP contribution is 2.30. The van der Waals surface area contributed by atoms with Crippen molar-refractivity contribution in [3.05, 3.63) is 81.9 Å². The van der Waals surface area contributed by atoms with Crippen molar-refractivity contribution in [2.45, 2.75) is 13.5 Å². The zero-order chi connectivity index (χ0) is 20.4. The van der Waals surface area contributed by atoms with Crippen LogP contribution in [0.3, 0.4) is 0 Å². The summed E-state index contributed by atoms with van der Waals surface area (Å²) in [7, 11) is 1.59. The van der Waals surface area contributed by atoms with Crippen LogP contribution in [0.2, 0.25) is 0 Å². The molecule has 2 heterocycles. The lowest BCUT2D eigenvalue weighted by atomic mass is 10.2. The maximum Gasteiger partial charge on any atom is 0.350 e. The summed E-state index contributed by atoms with van der Waals surface area (Å²) in [6.45, 7) is 2.13. The van der Waals surface area contributed by atoms with Crippen molar-refractivity contribution in [2.24, 2.45) is 0 Å². The van der Waals surface area contributed by atoms with Crippen molar-refractivity contribution in [3.8, 4) is 22.2 Å². The molecule has 7 nitrogen and oxygen atoms in total. The Balaban J connectivity index is 1.56. The van der Waals surface area contributed by atoms with E-state index in [1.165, 1.54) is 34.4 Å². The summed E-state index contributed by atoms with van der Waals surface area (Å²) in [6, 6.07) is 11.7. The number of hydrogen-bond donors (Lipinski definition) is 0. The number of thiazole rings is 1. The Hall–Kier alpha value is -3.46. The number of aromatic nitrogens is 4. The molecule has 148 valence electrons. The third-order valence-electron chi connectivity index (χ3n) is 4.31. The summed E-state index contributed by atoms with van der Waals surface area (Å²) in [4.78, 5) is 16.7. The second-order valence-corrected chi connectivity index (χ2v) is 7.06. The number of aryl methyl sites for hydroxylation is 1. The average molecular weight is 412 g/mol. The lowest BCUT2D eigenvalue weighted by Crippen LogP contribution is -2.24. The van der Waals surface area contributed by atoms with Gasteiger partial charge in [0.05, 0.1) is 30.5 Å². The monoisotopic (exact) mass is 412 g/mol. The van der Waals surface area contributed by atoms with Crippen LogP contribution >= 0.6 is 11.3 Å². The molecule has 0 aliphatic carbocycles. The van der Waals surface area contributed by atoms with Gasteiger partial charge in [-0.15, -0.1) is 0 Å². The Bertz CT molecular complexity index is 1200. The van der Waals surface area contributed by atoms with Gasteiger partial charge < -0.3 is 9.47 Å². The molecule has 0 N–H and O–H groups in total. The van der Waals surface area contributed by atoms with E-state index in [1.807, 2.05) is 24.3 Å². The molecule has 0 saturated carbocycles. The van der Waals surface area contributed by atoms with Gasteiger partial charge in [0.2, 0.25) is 5.06 Å². The van der Waals surface area contributed by atoms with Gasteiger partial charge in [-0.05, 0) is 36.8 Å². The first-order chi connectivity index (χ1) is 14.0. The minimum absolute atomic E-state index is 0.0619. The van der Waals surface area contributed by atoms with E-state index in [0.29, 0.717) is 23.0 Å². The zero-order valence-corrected chi connectivity index (χ0v) is 16.5. The number of rotatable bonds is 6. The molecule has 0 saturated heterocycles. The molecule has 9 heteroatoms. The van der Waals surface area contributed by atoms with E-state index >= 15 is 0 Å². The van der Waals surface area contributed by atoms with E-state index in [9.17, 15) is 9.18 Å². The molecule has 2 aromatic carbocycles. The minimum Gasteiger partial charge on any atom is -0.497 e. The number of methoxy groups -OCH3 is 1. The predicted molar refractivity (Wildman–Crippen MR) is 107 cm³/mol. The van der Waals surface area contributed by atoms with Gasteiger partial charge in [0, 0.05) is 6.07 Å². The van der Waals surface area contributed by atoms with Crippen LogP contribution < -0.4 is 15.2 Å². The Kier molecular flexibility index (Phi) is 5.13. The molecule has 29 heavy (non-hydrogen) atoms. The largest absolute Gasteiger partial charge is 0.497 e. The quantitative estimate of drug-likeness (QED) is 0.482. The van der Waals surface area contributed by atoms with Gasteiger partial charge in [-0.2, -0.15) is 9.78 Å². The van der Waals surface area contributed by atoms with Crippen molar-refractivity contribution < 1.29 is 13.9 Å². The second kappa shape index (κ2) is 7.88. The number of hydrogen-bond acceptors (Lipinski definition) is 6. The fraction of sp³-hybridized carbons (Fsp3) is 0.150. The van der Waals surface area contributed by atoms with Crippen molar-refractivity contribution in [2.75, 3.05) is 7.11 Å². The van der Waals surface area contributed by atoms with Crippen LogP contribution in [0, 0.1) is 12.7 Å². The molecule has 0 fully saturated rings. The molecule has 0 atom stereocenters. The standard InChI is InChI=1S/C20H17FN4O3S/c1-13-19(29-12-22-13)28-18-8-5-15(9-17(18)21)25-20(26)24(11-23-25)10-14-3-6-16(27-2)7-4-14/h3-9,11-12H,10H2,1-2H3. The fourth-order valence-corrected chi connectivity index (χ4v) is 3.41. The highest BCUT2D eigenvalue weighted by Gasteiger charge is 2.13. The maximum atomic E-state index is 14.5. The van der Waals surface area contributed by atoms with Crippen molar-refractivity contribution in [1.29, 1.82) is 0 Å². The van der Waals surface area contributed by atoms with E-state index in [-0.39, 0.29) is 11.4 Å². The van der Waals surface area contributed by atoms with Crippen LogP contribution in [0.15, 0.2) is 59.1 Å². The molecule has 0 amide bonds. The summed E-state index contributed by atoms with van der Waals surface area (Å²) < 4.78 is 27.8. The molecule has 0 radical (unpaired) electrons. The highest BCUT2D eigenvalue weighted by atomic mass is 32.1. The van der Waals surface area contributed by atoms with Crippen LogP contribution in [0.5, 0.6) is 16.6 Å². The molecular formula is C20H17FN4O3S. The summed E-state index contributed by atoms with van der Waals surface area (Å²) in [5.74, 6) is 0.210. The molecule has 0 unspecified atom stereocenters. The molecule has 0 aliphatic heterocycles. The second-order valence-electron chi connectivity index (χ2n) is 6.24. The Morgan fingerprint density at radius 1 is 1.17 bits per heavy atom. The summed E-state index contributed by atoms with van der Waals surface area (Å²) >= 11 is 1.28. The van der Waals surface area contributed by atoms with Gasteiger partial charge in [-0.25, -0.2) is 14.2 Å². The van der Waals surface area contributed by atoms with E-state index < -0.39 is 5.82 Å². The van der Waals surface area contributed by atoms with Gasteiger partial charge in [0.15, 0.2) is 11.6 Å². The number of halogens is 1. The number of ether oxygens (including phenoxy) is 2. The third-order valence-corrected chi connectivity index (χ3v) is 5.11. The van der Waals surface area contributed by atoms with Gasteiger partial charge in [-0.3, -0.25) is 4.57 Å². The maximum absolute atomic E-state index is 14.5. The normalized spacial score (nSPS) is 10.9. The first kappa shape index (κ1) is 18.9. The molecule has 2 aromatic heterocycles. The Morgan fingerprint density at radius 2 is 1.97 bits per heavy atom. The van der Waals surface area contributed by atoms with Crippen LogP contribution in [0.1, 0.15) is 11.3 Å². The Morgan fingerprint density at radius 3 is 2.62 bits per heavy atom. The third kappa shape index (κ3) is 3.90. The lowest BCUT2D eigenvalue weighted by molar-refractivity contribution is 0.414. The molecular weight excluding hydrogens is 395 g/mol. The summed E-state index contributed by atoms with van der Waals surface area (Å²) in [6.07, 6.45) is 1.43. The molecule has 4 rings (SSSR count). The van der Waals surface area contributed by atoms with E-state index in [0.717, 1.165) is 16.0 Å². The summed E-state index contributed by atoms with van der Waals surface area (Å²) in [5, 5.41) is 4.63. The SMILES string of the molecule is COc1ccc(Cn2cnn(-c3ccc(Oc4scnc4C)c(F)c3)c2=O)cc1. The number of benzene rings is 2. The molecule has 0 aliphatic rings. The zero-order valence-electron chi connectivity index (χ0n) is 15.7. The van der Waals surface area contributed by atoms with Crippen molar-refractivity contribution in [1.82, 2.24) is 19.3 Å². The van der Waals surface area contributed by atoms with Gasteiger partial charge >= 0.3 is 5.69 Å². The fourth-order valence-electron chi connectivity index (χ4n) is 2.74. The van der Waals surface area contributed by atoms with Crippen molar-refractivity contribution >= 4 is 11.3 Å². The van der Waals surface area contributed by atoms with E-state index in [1.54, 1.807) is 25.6 Å². The van der Waals surface area contributed by atoms with Crippen LogP contribution in [0.4, 0.5) is 4.39 Å². The highest BCUT2D eigenvalue weighted by molar-refractivity contribution is 7.11. The van der Waals surface area contributed by atoms with Crippen LogP contribution in [0.25, 0.3) is 5.69 Å². The van der Waals surface area contributed by atoms with Gasteiger partial charge in [-0.1, -0.05) is 23.5 Å². The molecule has 0 spiro atoms. The minimum atomic E-state index is -0.591. The van der Waals surface area contributed by atoms with Gasteiger partial charge in [0.25, 0.3) is 0 Å². The molecule has 4 aromatic rings. The lowest BCUT2D eigenvalue weighted by Gasteiger charge is -2.07. The first-order valence-corrected chi connectivity index (χ1v) is 9.58. The average Bonchev–Trinajstić information content (AvgIpc) is 3.30. The smallest absolute Gasteiger partial charge is 0.350 e. The van der Waals surface area contributed by atoms with Gasteiger partial charge in [0.1, 0.15) is 12.1 Å². The topological polar surface area (TPSA) is 71.2 Å². The van der Waals surface area contributed by atoms with E-state index in [2.05, 4.69) is 10.1 Å².